The van der Waals surface area contributed by atoms with Gasteiger partial charge in [0.25, 0.3) is 0 Å². The summed E-state index contributed by atoms with van der Waals surface area (Å²) >= 11 is 1.14. The molecule has 6 nitrogen and oxygen atoms in total. The number of carbonyl (C=O) groups is 2. The van der Waals surface area contributed by atoms with E-state index in [9.17, 15) is 9.59 Å². The van der Waals surface area contributed by atoms with Crippen LogP contribution >= 0.6 is 11.3 Å². The molecule has 3 rings (SSSR count). The van der Waals surface area contributed by atoms with Crippen LogP contribution in [-0.2, 0) is 17.9 Å². The van der Waals surface area contributed by atoms with Gasteiger partial charge in [0.2, 0.25) is 0 Å². The van der Waals surface area contributed by atoms with Gasteiger partial charge in [-0.25, -0.2) is 14.6 Å². The van der Waals surface area contributed by atoms with Crippen molar-refractivity contribution in [3.8, 4) is 10.6 Å². The number of alkyl carbamates (subject to hydrolysis) is 1. The van der Waals surface area contributed by atoms with Crippen molar-refractivity contribution >= 4 is 23.4 Å². The lowest BCUT2D eigenvalue weighted by Gasteiger charge is -2.08. The number of rotatable bonds is 6. The highest BCUT2D eigenvalue weighted by Gasteiger charge is 2.15. The molecule has 0 radical (unpaired) electrons. The second-order valence-electron chi connectivity index (χ2n) is 5.85. The average molecular weight is 382 g/mol. The smallest absolute Gasteiger partial charge is 0.407 e. The third-order valence-corrected chi connectivity index (χ3v) is 5.01. The highest BCUT2D eigenvalue weighted by molar-refractivity contribution is 7.17. The van der Waals surface area contributed by atoms with Crippen molar-refractivity contribution in [3.63, 3.8) is 0 Å². The van der Waals surface area contributed by atoms with Crippen LogP contribution in [0.3, 0.4) is 0 Å². The third-order valence-electron chi connectivity index (χ3n) is 3.81. The SMILES string of the molecule is Cc1nc(-c2cccc(CNC(=O)OCc3ccccc3)c2)sc1C(=O)O. The number of benzene rings is 2. The molecule has 1 aromatic heterocycles. The van der Waals surface area contributed by atoms with Crippen molar-refractivity contribution in [1.29, 1.82) is 0 Å². The van der Waals surface area contributed by atoms with Crippen LogP contribution in [0.1, 0.15) is 26.5 Å². The molecule has 0 aliphatic rings. The standard InChI is InChI=1S/C20H18N2O4S/c1-13-17(19(23)24)27-18(22-13)16-9-5-8-15(10-16)11-21-20(25)26-12-14-6-3-2-4-7-14/h2-10H,11-12H2,1H3,(H,21,25)(H,23,24). The van der Waals surface area contributed by atoms with Crippen LogP contribution < -0.4 is 5.32 Å². The molecule has 1 amide bonds. The Hall–Kier alpha value is -3.19. The fourth-order valence-corrected chi connectivity index (χ4v) is 3.38. The number of nitrogens with zero attached hydrogens (tertiary/aromatic N) is 1. The summed E-state index contributed by atoms with van der Waals surface area (Å²) in [5.41, 5.74) is 3.10. The summed E-state index contributed by atoms with van der Waals surface area (Å²) < 4.78 is 5.18. The summed E-state index contributed by atoms with van der Waals surface area (Å²) in [6, 6.07) is 16.9. The Morgan fingerprint density at radius 3 is 2.56 bits per heavy atom. The number of aromatic nitrogens is 1. The summed E-state index contributed by atoms with van der Waals surface area (Å²) in [4.78, 5) is 27.6. The lowest BCUT2D eigenvalue weighted by atomic mass is 10.1. The topological polar surface area (TPSA) is 88.5 Å². The molecule has 2 aromatic carbocycles. The third kappa shape index (κ3) is 4.92. The first kappa shape index (κ1) is 18.6. The van der Waals surface area contributed by atoms with Crippen LogP contribution in [0.2, 0.25) is 0 Å². The molecule has 2 N–H and O–H groups in total. The first-order valence-electron chi connectivity index (χ1n) is 8.27. The molecule has 0 aliphatic heterocycles. The summed E-state index contributed by atoms with van der Waals surface area (Å²) in [6.45, 7) is 2.19. The molecule has 0 saturated heterocycles. The van der Waals surface area contributed by atoms with E-state index in [-0.39, 0.29) is 11.5 Å². The molecule has 1 heterocycles. The zero-order valence-electron chi connectivity index (χ0n) is 14.6. The van der Waals surface area contributed by atoms with E-state index in [2.05, 4.69) is 10.3 Å². The molecule has 7 heteroatoms. The number of ether oxygens (including phenoxy) is 1. The van der Waals surface area contributed by atoms with E-state index in [4.69, 9.17) is 9.84 Å². The molecular weight excluding hydrogens is 364 g/mol. The van der Waals surface area contributed by atoms with Crippen LogP contribution in [0, 0.1) is 6.92 Å². The van der Waals surface area contributed by atoms with Gasteiger partial charge in [0, 0.05) is 12.1 Å². The van der Waals surface area contributed by atoms with Crippen LogP contribution in [0.5, 0.6) is 0 Å². The predicted octanol–water partition coefficient (Wildman–Crippen LogP) is 4.24. The van der Waals surface area contributed by atoms with E-state index in [1.54, 1.807) is 6.92 Å². The van der Waals surface area contributed by atoms with Gasteiger partial charge in [-0.1, -0.05) is 48.5 Å². The number of hydrogen-bond donors (Lipinski definition) is 2. The summed E-state index contributed by atoms with van der Waals surface area (Å²) in [7, 11) is 0. The molecule has 0 unspecified atom stereocenters. The van der Waals surface area contributed by atoms with Gasteiger partial charge in [-0.15, -0.1) is 11.3 Å². The van der Waals surface area contributed by atoms with Gasteiger partial charge in [0.05, 0.1) is 5.69 Å². The number of thiazole rings is 1. The molecule has 0 bridgehead atoms. The number of hydrogen-bond acceptors (Lipinski definition) is 5. The van der Waals surface area contributed by atoms with E-state index in [0.717, 1.165) is 28.0 Å². The largest absolute Gasteiger partial charge is 0.477 e. The lowest BCUT2D eigenvalue weighted by Crippen LogP contribution is -2.23. The Labute approximate surface area is 160 Å². The highest BCUT2D eigenvalue weighted by atomic mass is 32.1. The maximum atomic E-state index is 11.9. The van der Waals surface area contributed by atoms with Gasteiger partial charge in [-0.3, -0.25) is 0 Å². The van der Waals surface area contributed by atoms with E-state index in [1.165, 1.54) is 0 Å². The van der Waals surface area contributed by atoms with E-state index >= 15 is 0 Å². The van der Waals surface area contributed by atoms with Gasteiger partial charge in [-0.2, -0.15) is 0 Å². The maximum absolute atomic E-state index is 11.9. The van der Waals surface area contributed by atoms with Crippen molar-refractivity contribution in [2.45, 2.75) is 20.1 Å². The number of carboxylic acids is 1. The van der Waals surface area contributed by atoms with Gasteiger partial charge in [-0.05, 0) is 24.1 Å². The number of carboxylic acid groups (broad SMARTS) is 1. The Morgan fingerprint density at radius 1 is 1.11 bits per heavy atom. The number of carbonyl (C=O) groups excluding carboxylic acids is 1. The first-order valence-corrected chi connectivity index (χ1v) is 9.09. The van der Waals surface area contributed by atoms with E-state index in [0.29, 0.717) is 17.2 Å². The van der Waals surface area contributed by atoms with Gasteiger partial charge >= 0.3 is 12.1 Å². The van der Waals surface area contributed by atoms with Gasteiger partial charge in [0.1, 0.15) is 16.5 Å². The number of aryl methyl sites for hydroxylation is 1. The minimum atomic E-state index is -0.977. The second-order valence-corrected chi connectivity index (χ2v) is 6.85. The highest BCUT2D eigenvalue weighted by Crippen LogP contribution is 2.28. The Balaban J connectivity index is 1.60. The summed E-state index contributed by atoms with van der Waals surface area (Å²) in [6.07, 6.45) is -0.498. The fraction of sp³-hybridized carbons (Fsp3) is 0.150. The molecule has 0 aliphatic carbocycles. The normalized spacial score (nSPS) is 10.4. The van der Waals surface area contributed by atoms with Gasteiger partial charge < -0.3 is 15.2 Å². The Kier molecular flexibility index (Phi) is 5.83. The minimum Gasteiger partial charge on any atom is -0.477 e. The summed E-state index contributed by atoms with van der Waals surface area (Å²) in [5.74, 6) is -0.977. The predicted molar refractivity (Wildman–Crippen MR) is 103 cm³/mol. The number of nitrogens with one attached hydrogen (secondary N) is 1. The molecule has 0 atom stereocenters. The van der Waals surface area contributed by atoms with Crippen molar-refractivity contribution in [3.05, 3.63) is 76.3 Å². The van der Waals surface area contributed by atoms with Crippen LogP contribution in [-0.4, -0.2) is 22.2 Å². The lowest BCUT2D eigenvalue weighted by molar-refractivity contribution is 0.0701. The number of aromatic carboxylic acids is 1. The van der Waals surface area contributed by atoms with Crippen molar-refractivity contribution in [2.75, 3.05) is 0 Å². The molecule has 0 spiro atoms. The van der Waals surface area contributed by atoms with Gasteiger partial charge in [0.15, 0.2) is 0 Å². The van der Waals surface area contributed by atoms with Crippen LogP contribution in [0.15, 0.2) is 54.6 Å². The molecule has 0 fully saturated rings. The van der Waals surface area contributed by atoms with Crippen molar-refractivity contribution in [1.82, 2.24) is 10.3 Å². The molecule has 27 heavy (non-hydrogen) atoms. The Bertz CT molecular complexity index is 954. The molecule has 138 valence electrons. The summed E-state index contributed by atoms with van der Waals surface area (Å²) in [5, 5.41) is 12.5. The fourth-order valence-electron chi connectivity index (χ4n) is 2.48. The first-order chi connectivity index (χ1) is 13.0. The Morgan fingerprint density at radius 2 is 1.85 bits per heavy atom. The minimum absolute atomic E-state index is 0.211. The van der Waals surface area contributed by atoms with Crippen LogP contribution in [0.4, 0.5) is 4.79 Å². The quantitative estimate of drug-likeness (QED) is 0.666. The van der Waals surface area contributed by atoms with E-state index < -0.39 is 12.1 Å². The monoisotopic (exact) mass is 382 g/mol. The average Bonchev–Trinajstić information content (AvgIpc) is 3.08. The van der Waals surface area contributed by atoms with E-state index in [1.807, 2.05) is 54.6 Å². The van der Waals surface area contributed by atoms with Crippen LogP contribution in [0.25, 0.3) is 10.6 Å². The second kappa shape index (κ2) is 8.46. The molecule has 0 saturated carbocycles. The van der Waals surface area contributed by atoms with Crippen molar-refractivity contribution < 1.29 is 19.4 Å². The molecular formula is C20H18N2O4S. The maximum Gasteiger partial charge on any atom is 0.407 e. The van der Waals surface area contributed by atoms with Crippen molar-refractivity contribution in [2.24, 2.45) is 0 Å². The molecule has 3 aromatic rings. The zero-order chi connectivity index (χ0) is 19.2. The zero-order valence-corrected chi connectivity index (χ0v) is 15.5. The number of amides is 1.